The van der Waals surface area contributed by atoms with E-state index in [0.717, 1.165) is 0 Å². The minimum absolute atomic E-state index is 0.152. The first-order valence-corrected chi connectivity index (χ1v) is 6.78. The fourth-order valence-corrected chi connectivity index (χ4v) is 2.54. The van der Waals surface area contributed by atoms with Crippen LogP contribution >= 0.6 is 11.8 Å². The molecular weight excluding hydrogens is 282 g/mol. The second-order valence-electron chi connectivity index (χ2n) is 4.15. The van der Waals surface area contributed by atoms with Crippen LogP contribution in [0.1, 0.15) is 11.7 Å². The smallest absolute Gasteiger partial charge is 0.327 e. The number of hydrogen-bond acceptors (Lipinski definition) is 3. The molecule has 0 heterocycles. The van der Waals surface area contributed by atoms with E-state index in [-0.39, 0.29) is 5.56 Å². The summed E-state index contributed by atoms with van der Waals surface area (Å²) in [6, 6.07) is 14.2. The predicted octanol–water partition coefficient (Wildman–Crippen LogP) is 4.11. The molecule has 5 heteroatoms. The standard InChI is InChI=1S/C15H14F2O2S/c1-19-12-9-7-11(8-10-12)14(18)15(16,17)20-13-5-3-2-4-6-13/h2-10,14,18H,1H3. The summed E-state index contributed by atoms with van der Waals surface area (Å²) in [6.07, 6.45) is -1.88. The van der Waals surface area contributed by atoms with E-state index in [1.54, 1.807) is 42.5 Å². The predicted molar refractivity (Wildman–Crippen MR) is 75.2 cm³/mol. The van der Waals surface area contributed by atoms with Crippen molar-refractivity contribution in [2.24, 2.45) is 0 Å². The molecule has 0 aliphatic carbocycles. The summed E-state index contributed by atoms with van der Waals surface area (Å²) in [5.74, 6) is 0.556. The zero-order valence-corrected chi connectivity index (χ0v) is 11.6. The first-order valence-electron chi connectivity index (χ1n) is 5.97. The van der Waals surface area contributed by atoms with Gasteiger partial charge in [0.1, 0.15) is 5.75 Å². The summed E-state index contributed by atoms with van der Waals surface area (Å²) in [5.41, 5.74) is 0.152. The van der Waals surface area contributed by atoms with Crippen LogP contribution in [0.3, 0.4) is 0 Å². The molecule has 0 aromatic heterocycles. The Morgan fingerprint density at radius 2 is 1.65 bits per heavy atom. The van der Waals surface area contributed by atoms with Crippen LogP contribution in [0.5, 0.6) is 5.75 Å². The maximum atomic E-state index is 14.1. The summed E-state index contributed by atoms with van der Waals surface area (Å²) >= 11 is 0.344. The van der Waals surface area contributed by atoms with Crippen LogP contribution in [0.2, 0.25) is 0 Å². The molecule has 0 radical (unpaired) electrons. The van der Waals surface area contributed by atoms with Crippen LogP contribution in [0.15, 0.2) is 59.5 Å². The van der Waals surface area contributed by atoms with Gasteiger partial charge in [0.15, 0.2) is 6.10 Å². The van der Waals surface area contributed by atoms with Crippen molar-refractivity contribution in [1.29, 1.82) is 0 Å². The van der Waals surface area contributed by atoms with Crippen molar-refractivity contribution in [2.45, 2.75) is 16.3 Å². The normalized spacial score (nSPS) is 13.0. The summed E-state index contributed by atoms with van der Waals surface area (Å²) in [7, 11) is 1.49. The Morgan fingerprint density at radius 1 is 1.05 bits per heavy atom. The number of aliphatic hydroxyl groups excluding tert-OH is 1. The molecule has 2 aromatic carbocycles. The minimum Gasteiger partial charge on any atom is -0.497 e. The second kappa shape index (κ2) is 6.24. The van der Waals surface area contributed by atoms with Gasteiger partial charge in [-0.05, 0) is 41.6 Å². The van der Waals surface area contributed by atoms with Gasteiger partial charge in [-0.2, -0.15) is 8.78 Å². The highest BCUT2D eigenvalue weighted by molar-refractivity contribution is 8.00. The van der Waals surface area contributed by atoms with Crippen molar-refractivity contribution in [3.05, 3.63) is 60.2 Å². The van der Waals surface area contributed by atoms with Crippen molar-refractivity contribution in [3.63, 3.8) is 0 Å². The maximum Gasteiger partial charge on any atom is 0.327 e. The fraction of sp³-hybridized carbons (Fsp3) is 0.200. The molecule has 0 saturated carbocycles. The molecule has 1 unspecified atom stereocenters. The first kappa shape index (κ1) is 14.8. The molecule has 20 heavy (non-hydrogen) atoms. The van der Waals surface area contributed by atoms with Gasteiger partial charge in [0.05, 0.1) is 7.11 Å². The lowest BCUT2D eigenvalue weighted by atomic mass is 10.1. The van der Waals surface area contributed by atoms with Gasteiger partial charge in [-0.3, -0.25) is 0 Å². The van der Waals surface area contributed by atoms with E-state index in [9.17, 15) is 13.9 Å². The molecule has 2 nitrogen and oxygen atoms in total. The maximum absolute atomic E-state index is 14.1. The van der Waals surface area contributed by atoms with Crippen molar-refractivity contribution in [1.82, 2.24) is 0 Å². The van der Waals surface area contributed by atoms with E-state index >= 15 is 0 Å². The lowest BCUT2D eigenvalue weighted by Crippen LogP contribution is -2.22. The van der Waals surface area contributed by atoms with E-state index in [1.807, 2.05) is 0 Å². The van der Waals surface area contributed by atoms with Gasteiger partial charge in [0.25, 0.3) is 0 Å². The fourth-order valence-electron chi connectivity index (χ4n) is 1.68. The monoisotopic (exact) mass is 296 g/mol. The van der Waals surface area contributed by atoms with Gasteiger partial charge in [-0.1, -0.05) is 30.3 Å². The highest BCUT2D eigenvalue weighted by atomic mass is 32.2. The van der Waals surface area contributed by atoms with Crippen LogP contribution in [-0.2, 0) is 0 Å². The molecule has 2 aromatic rings. The van der Waals surface area contributed by atoms with E-state index < -0.39 is 11.4 Å². The average Bonchev–Trinajstić information content (AvgIpc) is 2.47. The molecule has 0 bridgehead atoms. The molecule has 106 valence electrons. The van der Waals surface area contributed by atoms with E-state index in [1.165, 1.54) is 19.2 Å². The minimum atomic E-state index is -3.31. The van der Waals surface area contributed by atoms with Crippen molar-refractivity contribution >= 4 is 11.8 Å². The van der Waals surface area contributed by atoms with Gasteiger partial charge in [-0.25, -0.2) is 0 Å². The molecule has 0 saturated heterocycles. The molecule has 1 atom stereocenters. The SMILES string of the molecule is COc1ccc(C(O)C(F)(F)Sc2ccccc2)cc1. The molecule has 1 N–H and O–H groups in total. The zero-order chi connectivity index (χ0) is 14.6. The Bertz CT molecular complexity index is 544. The molecule has 0 amide bonds. The molecule has 2 rings (SSSR count). The van der Waals surface area contributed by atoms with Crippen LogP contribution in [0, 0.1) is 0 Å². The Balaban J connectivity index is 2.15. The van der Waals surface area contributed by atoms with Gasteiger partial charge in [0, 0.05) is 4.90 Å². The third-order valence-electron chi connectivity index (χ3n) is 2.75. The van der Waals surface area contributed by atoms with E-state index in [4.69, 9.17) is 4.74 Å². The highest BCUT2D eigenvalue weighted by Crippen LogP contribution is 2.44. The summed E-state index contributed by atoms with van der Waals surface area (Å²) in [4.78, 5) is 0.407. The third-order valence-corrected chi connectivity index (χ3v) is 3.75. The number of benzene rings is 2. The Hall–Kier alpha value is -1.59. The number of aliphatic hydroxyl groups is 1. The molecule has 0 spiro atoms. The lowest BCUT2D eigenvalue weighted by molar-refractivity contribution is -0.0355. The Kier molecular flexibility index (Phi) is 4.62. The summed E-state index contributed by atoms with van der Waals surface area (Å²) in [5, 5.41) is 6.55. The average molecular weight is 296 g/mol. The number of ether oxygens (including phenoxy) is 1. The van der Waals surface area contributed by atoms with Crippen LogP contribution in [0.4, 0.5) is 8.78 Å². The molecule has 0 aliphatic rings. The van der Waals surface area contributed by atoms with Crippen molar-refractivity contribution in [2.75, 3.05) is 7.11 Å². The third kappa shape index (κ3) is 3.49. The van der Waals surface area contributed by atoms with E-state index in [2.05, 4.69) is 0 Å². The quantitative estimate of drug-likeness (QED) is 0.842. The van der Waals surface area contributed by atoms with Gasteiger partial charge >= 0.3 is 5.25 Å². The summed E-state index contributed by atoms with van der Waals surface area (Å²) < 4.78 is 33.1. The number of alkyl halides is 2. The molecular formula is C15H14F2O2S. The summed E-state index contributed by atoms with van der Waals surface area (Å²) in [6.45, 7) is 0. The lowest BCUT2D eigenvalue weighted by Gasteiger charge is -2.22. The highest BCUT2D eigenvalue weighted by Gasteiger charge is 2.40. The van der Waals surface area contributed by atoms with Gasteiger partial charge in [0.2, 0.25) is 0 Å². The van der Waals surface area contributed by atoms with Gasteiger partial charge < -0.3 is 9.84 Å². The number of thioether (sulfide) groups is 1. The van der Waals surface area contributed by atoms with Crippen molar-refractivity contribution in [3.8, 4) is 5.75 Å². The largest absolute Gasteiger partial charge is 0.497 e. The zero-order valence-electron chi connectivity index (χ0n) is 10.8. The number of halogens is 2. The number of hydrogen-bond donors (Lipinski definition) is 1. The number of methoxy groups -OCH3 is 1. The number of rotatable bonds is 5. The van der Waals surface area contributed by atoms with Crippen molar-refractivity contribution < 1.29 is 18.6 Å². The first-order chi connectivity index (χ1) is 9.53. The Morgan fingerprint density at radius 3 is 2.20 bits per heavy atom. The second-order valence-corrected chi connectivity index (χ2v) is 5.37. The van der Waals surface area contributed by atoms with E-state index in [0.29, 0.717) is 22.4 Å². The van der Waals surface area contributed by atoms with Crippen LogP contribution in [0.25, 0.3) is 0 Å². The topological polar surface area (TPSA) is 29.5 Å². The van der Waals surface area contributed by atoms with Crippen LogP contribution in [-0.4, -0.2) is 17.5 Å². The Labute approximate surface area is 120 Å². The van der Waals surface area contributed by atoms with Gasteiger partial charge in [-0.15, -0.1) is 0 Å². The molecule has 0 aliphatic heterocycles. The molecule has 0 fully saturated rings. The van der Waals surface area contributed by atoms with Crippen LogP contribution < -0.4 is 4.74 Å².